The molecule has 1 amide bonds. The number of benzene rings is 1. The lowest BCUT2D eigenvalue weighted by atomic mass is 9.87. The number of nitrogens with zero attached hydrogens (tertiary/aromatic N) is 2. The third kappa shape index (κ3) is 4.16. The van der Waals surface area contributed by atoms with Crippen molar-refractivity contribution >= 4 is 18.3 Å². The summed E-state index contributed by atoms with van der Waals surface area (Å²) in [5.41, 5.74) is 0.164. The molecule has 2 heterocycles. The van der Waals surface area contributed by atoms with Gasteiger partial charge in [0.15, 0.2) is 11.6 Å². The molecule has 6 nitrogen and oxygen atoms in total. The van der Waals surface area contributed by atoms with Gasteiger partial charge >= 0.3 is 0 Å². The molecule has 8 heteroatoms. The van der Waals surface area contributed by atoms with Crippen LogP contribution in [0.4, 0.5) is 4.39 Å². The zero-order valence-electron chi connectivity index (χ0n) is 14.7. The minimum absolute atomic E-state index is 0. The fraction of sp³-hybridized carbons (Fsp3) is 0.444. The molecule has 26 heavy (non-hydrogen) atoms. The van der Waals surface area contributed by atoms with Crippen LogP contribution in [0.3, 0.4) is 0 Å². The molecule has 0 spiro atoms. The zero-order valence-corrected chi connectivity index (χ0v) is 15.5. The van der Waals surface area contributed by atoms with Gasteiger partial charge < -0.3 is 15.4 Å². The Morgan fingerprint density at radius 1 is 1.42 bits per heavy atom. The summed E-state index contributed by atoms with van der Waals surface area (Å²) in [6.07, 6.45) is 5.47. The maximum absolute atomic E-state index is 13.7. The van der Waals surface area contributed by atoms with E-state index in [-0.39, 0.29) is 24.1 Å². The smallest absolute Gasteiger partial charge is 0.248 e. The number of rotatable bonds is 6. The van der Waals surface area contributed by atoms with Gasteiger partial charge in [-0.15, -0.1) is 12.4 Å². The minimum atomic E-state index is -0.653. The predicted molar refractivity (Wildman–Crippen MR) is 99.2 cm³/mol. The van der Waals surface area contributed by atoms with Gasteiger partial charge in [0.05, 0.1) is 7.11 Å². The van der Waals surface area contributed by atoms with Crippen LogP contribution >= 0.6 is 12.4 Å². The van der Waals surface area contributed by atoms with E-state index in [9.17, 15) is 9.18 Å². The Hall–Kier alpha value is -2.12. The highest BCUT2D eigenvalue weighted by Gasteiger charge is 2.41. The standard InChI is InChI=1S/C18H23FN4O2.ClH/c1-25-16-4-3-14(13-15(16)19)5-9-21-17(24)18(6-10-20-11-7-18)23-12-2-8-22-23;/h2-4,8,12-13,20H,5-7,9-11H2,1H3,(H,21,24);1H. The van der Waals surface area contributed by atoms with Crippen LogP contribution in [0.5, 0.6) is 5.75 Å². The predicted octanol–water partition coefficient (Wildman–Crippen LogP) is 1.89. The molecule has 1 aliphatic heterocycles. The summed E-state index contributed by atoms with van der Waals surface area (Å²) in [7, 11) is 1.44. The van der Waals surface area contributed by atoms with Gasteiger partial charge in [0.2, 0.25) is 5.91 Å². The highest BCUT2D eigenvalue weighted by Crippen LogP contribution is 2.27. The molecular formula is C18H24ClFN4O2. The molecule has 0 aliphatic carbocycles. The monoisotopic (exact) mass is 382 g/mol. The molecule has 3 rings (SSSR count). The van der Waals surface area contributed by atoms with E-state index in [1.807, 2.05) is 18.3 Å². The van der Waals surface area contributed by atoms with Crippen LogP contribution in [0.1, 0.15) is 18.4 Å². The molecule has 1 fully saturated rings. The molecule has 1 aromatic carbocycles. The maximum Gasteiger partial charge on any atom is 0.248 e. The second kappa shape index (κ2) is 9.00. The molecule has 0 unspecified atom stereocenters. The maximum atomic E-state index is 13.7. The molecule has 0 radical (unpaired) electrons. The number of methoxy groups -OCH3 is 1. The molecule has 2 N–H and O–H groups in total. The molecule has 2 aromatic rings. The first-order valence-electron chi connectivity index (χ1n) is 8.47. The molecule has 0 bridgehead atoms. The Balaban J connectivity index is 0.00000243. The topological polar surface area (TPSA) is 68.2 Å². The Morgan fingerprint density at radius 2 is 2.19 bits per heavy atom. The zero-order chi connectivity index (χ0) is 17.7. The lowest BCUT2D eigenvalue weighted by molar-refractivity contribution is -0.131. The number of hydrogen-bond donors (Lipinski definition) is 2. The number of nitrogens with one attached hydrogen (secondary N) is 2. The van der Waals surface area contributed by atoms with Crippen LogP contribution in [-0.2, 0) is 16.8 Å². The summed E-state index contributed by atoms with van der Waals surface area (Å²) >= 11 is 0. The fourth-order valence-corrected chi connectivity index (χ4v) is 3.27. The first-order valence-corrected chi connectivity index (χ1v) is 8.47. The Bertz CT molecular complexity index is 718. The number of amides is 1. The van der Waals surface area contributed by atoms with Gasteiger partial charge in [0.1, 0.15) is 5.54 Å². The van der Waals surface area contributed by atoms with Gasteiger partial charge in [-0.2, -0.15) is 5.10 Å². The quantitative estimate of drug-likeness (QED) is 0.800. The van der Waals surface area contributed by atoms with Crippen molar-refractivity contribution in [1.82, 2.24) is 20.4 Å². The van der Waals surface area contributed by atoms with Gasteiger partial charge in [0.25, 0.3) is 0 Å². The Labute approximate surface area is 158 Å². The van der Waals surface area contributed by atoms with E-state index >= 15 is 0 Å². The summed E-state index contributed by atoms with van der Waals surface area (Å²) in [5, 5.41) is 10.6. The van der Waals surface area contributed by atoms with Crippen LogP contribution in [-0.4, -0.2) is 42.4 Å². The van der Waals surface area contributed by atoms with Crippen LogP contribution in [0.25, 0.3) is 0 Å². The van der Waals surface area contributed by atoms with Crippen molar-refractivity contribution in [3.63, 3.8) is 0 Å². The van der Waals surface area contributed by atoms with Gasteiger partial charge in [-0.25, -0.2) is 4.39 Å². The highest BCUT2D eigenvalue weighted by atomic mass is 35.5. The third-order valence-corrected chi connectivity index (χ3v) is 4.71. The van der Waals surface area contributed by atoms with Crippen molar-refractivity contribution in [3.8, 4) is 5.75 Å². The normalized spacial score (nSPS) is 15.8. The van der Waals surface area contributed by atoms with Gasteiger partial charge in [-0.3, -0.25) is 9.48 Å². The number of carbonyl (C=O) groups is 1. The number of piperidine rings is 1. The van der Waals surface area contributed by atoms with Gasteiger partial charge in [-0.05, 0) is 56.1 Å². The van der Waals surface area contributed by atoms with Crippen LogP contribution < -0.4 is 15.4 Å². The molecular weight excluding hydrogens is 359 g/mol. The summed E-state index contributed by atoms with van der Waals surface area (Å²) < 4.78 is 20.4. The minimum Gasteiger partial charge on any atom is -0.494 e. The highest BCUT2D eigenvalue weighted by molar-refractivity contribution is 5.85. The Kier molecular flexibility index (Phi) is 6.99. The molecule has 1 saturated heterocycles. The molecule has 0 atom stereocenters. The lowest BCUT2D eigenvalue weighted by Gasteiger charge is -2.36. The average Bonchev–Trinajstić information content (AvgIpc) is 3.17. The molecule has 1 aromatic heterocycles. The van der Waals surface area contributed by atoms with Crippen molar-refractivity contribution in [3.05, 3.63) is 48.0 Å². The van der Waals surface area contributed by atoms with E-state index in [1.54, 1.807) is 16.9 Å². The lowest BCUT2D eigenvalue weighted by Crippen LogP contribution is -2.54. The van der Waals surface area contributed by atoms with Gasteiger partial charge in [-0.1, -0.05) is 6.07 Å². The fourth-order valence-electron chi connectivity index (χ4n) is 3.27. The van der Waals surface area contributed by atoms with E-state index in [2.05, 4.69) is 15.7 Å². The number of carbonyl (C=O) groups excluding carboxylic acids is 1. The summed E-state index contributed by atoms with van der Waals surface area (Å²) in [5.74, 6) is -0.204. The van der Waals surface area contributed by atoms with E-state index < -0.39 is 11.4 Å². The number of halogens is 2. The van der Waals surface area contributed by atoms with Crippen molar-refractivity contribution in [2.45, 2.75) is 24.8 Å². The average molecular weight is 383 g/mol. The van der Waals surface area contributed by atoms with E-state index in [1.165, 1.54) is 13.2 Å². The summed E-state index contributed by atoms with van der Waals surface area (Å²) in [6.45, 7) is 2.00. The third-order valence-electron chi connectivity index (χ3n) is 4.71. The van der Waals surface area contributed by atoms with Crippen LogP contribution in [0, 0.1) is 5.82 Å². The van der Waals surface area contributed by atoms with Crippen LogP contribution in [0.15, 0.2) is 36.7 Å². The van der Waals surface area contributed by atoms with E-state index in [4.69, 9.17) is 4.74 Å². The second-order valence-corrected chi connectivity index (χ2v) is 6.21. The molecule has 1 aliphatic rings. The van der Waals surface area contributed by atoms with Gasteiger partial charge in [0, 0.05) is 18.9 Å². The van der Waals surface area contributed by atoms with Crippen molar-refractivity contribution < 1.29 is 13.9 Å². The SMILES string of the molecule is COc1ccc(CCNC(=O)C2(n3cccn3)CCNCC2)cc1F.Cl. The number of aromatic nitrogens is 2. The first-order chi connectivity index (χ1) is 12.2. The largest absolute Gasteiger partial charge is 0.494 e. The van der Waals surface area contributed by atoms with E-state index in [0.717, 1.165) is 18.7 Å². The van der Waals surface area contributed by atoms with Crippen molar-refractivity contribution in [2.75, 3.05) is 26.7 Å². The van der Waals surface area contributed by atoms with Crippen LogP contribution in [0.2, 0.25) is 0 Å². The number of hydrogen-bond acceptors (Lipinski definition) is 4. The molecule has 0 saturated carbocycles. The van der Waals surface area contributed by atoms with E-state index in [0.29, 0.717) is 25.8 Å². The summed E-state index contributed by atoms with van der Waals surface area (Å²) in [6, 6.07) is 6.68. The first kappa shape index (κ1) is 20.2. The van der Waals surface area contributed by atoms with Crippen molar-refractivity contribution in [2.24, 2.45) is 0 Å². The second-order valence-electron chi connectivity index (χ2n) is 6.21. The number of ether oxygens (including phenoxy) is 1. The Morgan fingerprint density at radius 3 is 2.81 bits per heavy atom. The molecule has 142 valence electrons. The van der Waals surface area contributed by atoms with Crippen molar-refractivity contribution in [1.29, 1.82) is 0 Å². The summed E-state index contributed by atoms with van der Waals surface area (Å²) in [4.78, 5) is 12.9.